The first-order chi connectivity index (χ1) is 7.17. The molecule has 0 N–H and O–H groups in total. The van der Waals surface area contributed by atoms with Crippen molar-refractivity contribution in [1.82, 2.24) is 0 Å². The molecule has 0 radical (unpaired) electrons. The van der Waals surface area contributed by atoms with E-state index in [0.717, 1.165) is 0 Å². The molecule has 0 saturated heterocycles. The van der Waals surface area contributed by atoms with Gasteiger partial charge in [-0.3, -0.25) is 9.69 Å². The van der Waals surface area contributed by atoms with Gasteiger partial charge >= 0.3 is 0 Å². The van der Waals surface area contributed by atoms with Gasteiger partial charge in [0.1, 0.15) is 5.82 Å². The van der Waals surface area contributed by atoms with Gasteiger partial charge in [-0.2, -0.15) is 5.26 Å². The number of hydrogen-bond acceptors (Lipinski definition) is 3. The zero-order valence-corrected chi connectivity index (χ0v) is 8.40. The largest absolute Gasteiger partial charge is 0.298 e. The molecule has 3 nitrogen and oxygen atoms in total. The summed E-state index contributed by atoms with van der Waals surface area (Å²) < 4.78 is 12.9. The van der Waals surface area contributed by atoms with Crippen LogP contribution in [0.4, 0.5) is 10.1 Å². The monoisotopic (exact) mass is 206 g/mol. The Labute approximate surface area is 87.7 Å². The Morgan fingerprint density at radius 3 is 2.87 bits per heavy atom. The number of nitriles is 1. The lowest BCUT2D eigenvalue weighted by atomic mass is 10.2. The molecular formula is C11H11FN2O. The van der Waals surface area contributed by atoms with E-state index in [1.54, 1.807) is 13.0 Å². The van der Waals surface area contributed by atoms with Crippen molar-refractivity contribution in [3.63, 3.8) is 0 Å². The SMILES string of the molecule is CCC(=O)CN(C#N)c1cccc(F)c1. The first-order valence-electron chi connectivity index (χ1n) is 4.62. The highest BCUT2D eigenvalue weighted by Crippen LogP contribution is 2.14. The van der Waals surface area contributed by atoms with Crippen LogP contribution < -0.4 is 4.90 Å². The highest BCUT2D eigenvalue weighted by atomic mass is 19.1. The van der Waals surface area contributed by atoms with Crippen LogP contribution >= 0.6 is 0 Å². The average molecular weight is 206 g/mol. The van der Waals surface area contributed by atoms with E-state index in [4.69, 9.17) is 5.26 Å². The summed E-state index contributed by atoms with van der Waals surface area (Å²) in [6.07, 6.45) is 2.23. The molecule has 1 aromatic carbocycles. The Morgan fingerprint density at radius 1 is 1.60 bits per heavy atom. The Bertz CT molecular complexity index is 398. The van der Waals surface area contributed by atoms with Crippen LogP contribution in [0.1, 0.15) is 13.3 Å². The second-order valence-corrected chi connectivity index (χ2v) is 3.06. The van der Waals surface area contributed by atoms with E-state index in [0.29, 0.717) is 12.1 Å². The second-order valence-electron chi connectivity index (χ2n) is 3.06. The van der Waals surface area contributed by atoms with Crippen LogP contribution in [0.25, 0.3) is 0 Å². The summed E-state index contributed by atoms with van der Waals surface area (Å²) >= 11 is 0. The third kappa shape index (κ3) is 3.06. The quantitative estimate of drug-likeness (QED) is 0.559. The summed E-state index contributed by atoms with van der Waals surface area (Å²) in [5, 5.41) is 8.82. The fourth-order valence-corrected chi connectivity index (χ4v) is 1.12. The first kappa shape index (κ1) is 11.2. The zero-order chi connectivity index (χ0) is 11.3. The van der Waals surface area contributed by atoms with Gasteiger partial charge in [-0.25, -0.2) is 4.39 Å². The number of halogens is 1. The number of rotatable bonds is 4. The van der Waals surface area contributed by atoms with Gasteiger partial charge in [0.05, 0.1) is 12.2 Å². The Hall–Kier alpha value is -1.89. The molecule has 4 heteroatoms. The van der Waals surface area contributed by atoms with Gasteiger partial charge in [0, 0.05) is 6.42 Å². The molecule has 0 amide bonds. The van der Waals surface area contributed by atoms with Crippen molar-refractivity contribution in [3.8, 4) is 6.19 Å². The molecule has 0 heterocycles. The van der Waals surface area contributed by atoms with Crippen LogP contribution in [0.15, 0.2) is 24.3 Å². The van der Waals surface area contributed by atoms with Gasteiger partial charge in [-0.1, -0.05) is 13.0 Å². The highest BCUT2D eigenvalue weighted by Gasteiger charge is 2.09. The zero-order valence-electron chi connectivity index (χ0n) is 8.40. The number of anilines is 1. The normalized spacial score (nSPS) is 9.40. The predicted molar refractivity (Wildman–Crippen MR) is 54.7 cm³/mol. The number of hydrogen-bond donors (Lipinski definition) is 0. The summed E-state index contributed by atoms with van der Waals surface area (Å²) in [6, 6.07) is 5.62. The number of nitrogens with zero attached hydrogens (tertiary/aromatic N) is 2. The summed E-state index contributed by atoms with van der Waals surface area (Å²) in [7, 11) is 0. The van der Waals surface area contributed by atoms with Gasteiger partial charge in [0.15, 0.2) is 12.0 Å². The third-order valence-electron chi connectivity index (χ3n) is 1.97. The number of Topliss-reactive ketones (excluding diaryl/α,β-unsaturated/α-hetero) is 1. The molecule has 1 aromatic rings. The fourth-order valence-electron chi connectivity index (χ4n) is 1.12. The minimum absolute atomic E-state index is 0.00352. The van der Waals surface area contributed by atoms with E-state index >= 15 is 0 Å². The van der Waals surface area contributed by atoms with Crippen molar-refractivity contribution in [2.24, 2.45) is 0 Å². The summed E-state index contributed by atoms with van der Waals surface area (Å²) in [6.45, 7) is 1.72. The molecule has 0 aromatic heterocycles. The number of carbonyl (C=O) groups excluding carboxylic acids is 1. The van der Waals surface area contributed by atoms with Crippen LogP contribution in [0.5, 0.6) is 0 Å². The summed E-state index contributed by atoms with van der Waals surface area (Å²) in [5.74, 6) is -0.475. The van der Waals surface area contributed by atoms with Gasteiger partial charge in [-0.15, -0.1) is 0 Å². The topological polar surface area (TPSA) is 44.1 Å². The molecule has 0 aliphatic carbocycles. The smallest absolute Gasteiger partial charge is 0.184 e. The minimum Gasteiger partial charge on any atom is -0.298 e. The fraction of sp³-hybridized carbons (Fsp3) is 0.273. The molecule has 0 aliphatic rings. The Morgan fingerprint density at radius 2 is 2.33 bits per heavy atom. The van der Waals surface area contributed by atoms with Crippen molar-refractivity contribution in [2.45, 2.75) is 13.3 Å². The van der Waals surface area contributed by atoms with Crippen LogP contribution in [-0.2, 0) is 4.79 Å². The molecule has 15 heavy (non-hydrogen) atoms. The van der Waals surface area contributed by atoms with E-state index in [-0.39, 0.29) is 12.3 Å². The molecule has 1 rings (SSSR count). The van der Waals surface area contributed by atoms with E-state index in [1.807, 2.05) is 6.19 Å². The van der Waals surface area contributed by atoms with Crippen LogP contribution in [-0.4, -0.2) is 12.3 Å². The maximum absolute atomic E-state index is 12.9. The molecule has 0 aliphatic heterocycles. The molecule has 0 fully saturated rings. The first-order valence-corrected chi connectivity index (χ1v) is 4.62. The second kappa shape index (κ2) is 5.11. The van der Waals surface area contributed by atoms with Crippen LogP contribution in [0.3, 0.4) is 0 Å². The minimum atomic E-state index is -0.420. The van der Waals surface area contributed by atoms with Crippen molar-refractivity contribution in [2.75, 3.05) is 11.4 Å². The van der Waals surface area contributed by atoms with E-state index in [2.05, 4.69) is 0 Å². The maximum atomic E-state index is 12.9. The highest BCUT2D eigenvalue weighted by molar-refractivity contribution is 5.83. The molecule has 0 bridgehead atoms. The van der Waals surface area contributed by atoms with Gasteiger partial charge in [-0.05, 0) is 18.2 Å². The van der Waals surface area contributed by atoms with Crippen molar-refractivity contribution in [1.29, 1.82) is 5.26 Å². The number of carbonyl (C=O) groups is 1. The van der Waals surface area contributed by atoms with Gasteiger partial charge < -0.3 is 0 Å². The number of benzene rings is 1. The lowest BCUT2D eigenvalue weighted by Gasteiger charge is -2.13. The lowest BCUT2D eigenvalue weighted by Crippen LogP contribution is -2.24. The van der Waals surface area contributed by atoms with E-state index < -0.39 is 5.82 Å². The predicted octanol–water partition coefficient (Wildman–Crippen LogP) is 2.09. The Kier molecular flexibility index (Phi) is 3.81. The van der Waals surface area contributed by atoms with Crippen molar-refractivity contribution in [3.05, 3.63) is 30.1 Å². The molecule has 0 atom stereocenters. The summed E-state index contributed by atoms with van der Waals surface area (Å²) in [4.78, 5) is 12.3. The Balaban J connectivity index is 2.84. The maximum Gasteiger partial charge on any atom is 0.184 e. The van der Waals surface area contributed by atoms with E-state index in [9.17, 15) is 9.18 Å². The molecule has 0 saturated carbocycles. The molecule has 0 unspecified atom stereocenters. The van der Waals surface area contributed by atoms with E-state index in [1.165, 1.54) is 23.1 Å². The van der Waals surface area contributed by atoms with Crippen molar-refractivity contribution < 1.29 is 9.18 Å². The molecule has 0 spiro atoms. The molecular weight excluding hydrogens is 195 g/mol. The standard InChI is InChI=1S/C11H11FN2O/c1-2-11(15)7-14(8-13)10-5-3-4-9(12)6-10/h3-6H,2,7H2,1H3. The van der Waals surface area contributed by atoms with Crippen LogP contribution in [0, 0.1) is 17.3 Å². The summed E-state index contributed by atoms with van der Waals surface area (Å²) in [5.41, 5.74) is 0.402. The van der Waals surface area contributed by atoms with Crippen LogP contribution in [0.2, 0.25) is 0 Å². The number of ketones is 1. The lowest BCUT2D eigenvalue weighted by molar-refractivity contribution is -0.117. The van der Waals surface area contributed by atoms with Gasteiger partial charge in [0.25, 0.3) is 0 Å². The van der Waals surface area contributed by atoms with Gasteiger partial charge in [0.2, 0.25) is 0 Å². The van der Waals surface area contributed by atoms with Crippen molar-refractivity contribution >= 4 is 11.5 Å². The average Bonchev–Trinajstić information content (AvgIpc) is 2.25. The third-order valence-corrected chi connectivity index (χ3v) is 1.97. The molecule has 78 valence electrons.